The van der Waals surface area contributed by atoms with Crippen LogP contribution in [0.2, 0.25) is 5.02 Å². The molecule has 4 amide bonds. The van der Waals surface area contributed by atoms with Crippen LogP contribution in [0.3, 0.4) is 0 Å². The third-order valence-electron chi connectivity index (χ3n) is 8.90. The van der Waals surface area contributed by atoms with Gasteiger partial charge in [0.05, 0.1) is 12.2 Å². The van der Waals surface area contributed by atoms with Crippen LogP contribution >= 0.6 is 11.6 Å². The summed E-state index contributed by atoms with van der Waals surface area (Å²) in [6.07, 6.45) is 2.03. The highest BCUT2D eigenvalue weighted by Crippen LogP contribution is 2.23. The summed E-state index contributed by atoms with van der Waals surface area (Å²) in [4.78, 5) is 57.3. The zero-order chi connectivity index (χ0) is 34.1. The van der Waals surface area contributed by atoms with Crippen LogP contribution in [0.25, 0.3) is 0 Å². The standard InChI is InChI=1S/C33H45ClN6O6S/c1-23(41)39-15-12-24(13-16-39)21-38(2)31(42)18-29(37-47(45,46)22-25-7-4-3-5-8-25)33(44)40-14-6-9-30(40)32(43)36-20-27-17-28(34)11-10-26(27)19-35/h3-5,7-8,10-11,17,24,29-30,37H,6,9,12-16,18-22,35H2,1-2H3,(H,36,43)/t29-,30+/m1/s1. The summed E-state index contributed by atoms with van der Waals surface area (Å²) < 4.78 is 29.1. The van der Waals surface area contributed by atoms with E-state index in [9.17, 15) is 27.6 Å². The monoisotopic (exact) mass is 688 g/mol. The molecule has 12 nitrogen and oxygen atoms in total. The normalized spacial score (nSPS) is 17.7. The molecule has 2 aromatic carbocycles. The topological polar surface area (TPSA) is 162 Å². The third-order valence-corrected chi connectivity index (χ3v) is 10.5. The molecule has 4 rings (SSSR count). The fourth-order valence-corrected chi connectivity index (χ4v) is 7.77. The summed E-state index contributed by atoms with van der Waals surface area (Å²) in [5.74, 6) is -1.57. The van der Waals surface area contributed by atoms with Crippen molar-refractivity contribution in [2.75, 3.05) is 33.2 Å². The zero-order valence-corrected chi connectivity index (χ0v) is 28.6. The number of carbonyl (C=O) groups excluding carboxylic acids is 4. The summed E-state index contributed by atoms with van der Waals surface area (Å²) in [5.41, 5.74) is 7.96. The van der Waals surface area contributed by atoms with E-state index >= 15 is 0 Å². The van der Waals surface area contributed by atoms with Gasteiger partial charge in [-0.25, -0.2) is 13.1 Å². The van der Waals surface area contributed by atoms with Crippen molar-refractivity contribution >= 4 is 45.3 Å². The second-order valence-corrected chi connectivity index (χ2v) is 14.6. The molecule has 0 aromatic heterocycles. The van der Waals surface area contributed by atoms with Crippen molar-refractivity contribution in [1.29, 1.82) is 0 Å². The Morgan fingerprint density at radius 1 is 1.02 bits per heavy atom. The molecule has 2 fully saturated rings. The molecule has 256 valence electrons. The summed E-state index contributed by atoms with van der Waals surface area (Å²) in [7, 11) is -2.41. The maximum absolute atomic E-state index is 14.0. The van der Waals surface area contributed by atoms with Gasteiger partial charge in [0.2, 0.25) is 33.7 Å². The average molecular weight is 689 g/mol. The molecule has 14 heteroatoms. The van der Waals surface area contributed by atoms with E-state index < -0.39 is 40.3 Å². The first kappa shape index (κ1) is 36.3. The largest absolute Gasteiger partial charge is 0.350 e. The number of nitrogens with two attached hydrogens (primary N) is 1. The Kier molecular flexibility index (Phi) is 12.8. The molecule has 2 saturated heterocycles. The Bertz CT molecular complexity index is 1530. The number of hydrogen-bond donors (Lipinski definition) is 3. The highest BCUT2D eigenvalue weighted by Gasteiger charge is 2.39. The molecular weight excluding hydrogens is 644 g/mol. The Morgan fingerprint density at radius 3 is 2.38 bits per heavy atom. The van der Waals surface area contributed by atoms with Gasteiger partial charge in [0, 0.05) is 58.3 Å². The lowest BCUT2D eigenvalue weighted by atomic mass is 9.96. The first-order chi connectivity index (χ1) is 22.4. The van der Waals surface area contributed by atoms with E-state index in [2.05, 4.69) is 10.0 Å². The molecule has 0 spiro atoms. The lowest BCUT2D eigenvalue weighted by molar-refractivity contribution is -0.142. The van der Waals surface area contributed by atoms with Crippen LogP contribution in [0, 0.1) is 5.92 Å². The molecule has 0 unspecified atom stereocenters. The molecule has 2 aliphatic heterocycles. The molecule has 0 bridgehead atoms. The summed E-state index contributed by atoms with van der Waals surface area (Å²) >= 11 is 6.15. The number of halogens is 1. The molecule has 2 heterocycles. The number of likely N-dealkylation sites (tertiary alicyclic amines) is 2. The second-order valence-electron chi connectivity index (χ2n) is 12.4. The Hall–Kier alpha value is -3.52. The smallest absolute Gasteiger partial charge is 0.243 e. The second kappa shape index (κ2) is 16.5. The van der Waals surface area contributed by atoms with Gasteiger partial charge >= 0.3 is 0 Å². The first-order valence-corrected chi connectivity index (χ1v) is 18.0. The van der Waals surface area contributed by atoms with Gasteiger partial charge in [-0.2, -0.15) is 0 Å². The van der Waals surface area contributed by atoms with E-state index in [1.54, 1.807) is 60.5 Å². The summed E-state index contributed by atoms with van der Waals surface area (Å²) in [6, 6.07) is 11.6. The number of benzene rings is 2. The Labute approximate surface area is 282 Å². The van der Waals surface area contributed by atoms with Crippen molar-refractivity contribution in [1.82, 2.24) is 24.7 Å². The predicted octanol–water partition coefficient (Wildman–Crippen LogP) is 2.00. The van der Waals surface area contributed by atoms with Crippen molar-refractivity contribution in [3.8, 4) is 0 Å². The van der Waals surface area contributed by atoms with Crippen molar-refractivity contribution in [3.63, 3.8) is 0 Å². The van der Waals surface area contributed by atoms with E-state index in [1.165, 1.54) is 16.7 Å². The van der Waals surface area contributed by atoms with E-state index in [1.807, 2.05) is 0 Å². The molecule has 0 saturated carbocycles. The highest BCUT2D eigenvalue weighted by molar-refractivity contribution is 7.88. The number of amides is 4. The van der Waals surface area contributed by atoms with Crippen LogP contribution in [-0.4, -0.2) is 92.1 Å². The van der Waals surface area contributed by atoms with E-state index in [-0.39, 0.29) is 43.1 Å². The quantitative estimate of drug-likeness (QED) is 0.290. The number of nitrogens with zero attached hydrogens (tertiary/aromatic N) is 3. The summed E-state index contributed by atoms with van der Waals surface area (Å²) in [6.45, 7) is 3.87. The van der Waals surface area contributed by atoms with Gasteiger partial charge in [-0.3, -0.25) is 19.2 Å². The molecule has 0 aliphatic carbocycles. The number of piperidine rings is 1. The number of hydrogen-bond acceptors (Lipinski definition) is 7. The average Bonchev–Trinajstić information content (AvgIpc) is 3.53. The number of carbonyl (C=O) groups is 4. The molecule has 2 atom stereocenters. The zero-order valence-electron chi connectivity index (χ0n) is 27.0. The van der Waals surface area contributed by atoms with E-state index in [0.717, 1.165) is 24.0 Å². The van der Waals surface area contributed by atoms with Gasteiger partial charge in [-0.1, -0.05) is 48.0 Å². The van der Waals surface area contributed by atoms with E-state index in [0.29, 0.717) is 43.1 Å². The lowest BCUT2D eigenvalue weighted by Crippen LogP contribution is -2.54. The molecule has 47 heavy (non-hydrogen) atoms. The van der Waals surface area contributed by atoms with Crippen molar-refractivity contribution in [2.45, 2.75) is 70.0 Å². The highest BCUT2D eigenvalue weighted by atomic mass is 35.5. The SMILES string of the molecule is CC(=O)N1CCC(CN(C)C(=O)C[C@@H](NS(=O)(=O)Cc2ccccc2)C(=O)N2CCC[C@H]2C(=O)NCc2cc(Cl)ccc2CN)CC1. The van der Waals surface area contributed by atoms with Crippen LogP contribution in [-0.2, 0) is 48.0 Å². The molecular formula is C33H45ClN6O6S. The van der Waals surface area contributed by atoms with Crippen LogP contribution in [0.5, 0.6) is 0 Å². The van der Waals surface area contributed by atoms with Crippen molar-refractivity contribution in [3.05, 3.63) is 70.2 Å². The van der Waals surface area contributed by atoms with Gasteiger partial charge in [-0.05, 0) is 60.4 Å². The van der Waals surface area contributed by atoms with Crippen LogP contribution in [0.15, 0.2) is 48.5 Å². The third kappa shape index (κ3) is 10.2. The van der Waals surface area contributed by atoms with E-state index in [4.69, 9.17) is 17.3 Å². The first-order valence-electron chi connectivity index (χ1n) is 16.0. The van der Waals surface area contributed by atoms with Crippen LogP contribution in [0.1, 0.15) is 55.7 Å². The minimum Gasteiger partial charge on any atom is -0.350 e. The minimum atomic E-state index is -4.05. The van der Waals surface area contributed by atoms with Crippen LogP contribution in [0.4, 0.5) is 0 Å². The molecule has 2 aliphatic rings. The van der Waals surface area contributed by atoms with Gasteiger partial charge in [0.25, 0.3) is 0 Å². The summed E-state index contributed by atoms with van der Waals surface area (Å²) in [5, 5.41) is 3.38. The number of nitrogens with one attached hydrogen (secondary N) is 2. The molecule has 4 N–H and O–H groups in total. The van der Waals surface area contributed by atoms with Gasteiger partial charge in [0.15, 0.2) is 0 Å². The van der Waals surface area contributed by atoms with Crippen molar-refractivity contribution in [2.24, 2.45) is 11.7 Å². The van der Waals surface area contributed by atoms with Crippen molar-refractivity contribution < 1.29 is 27.6 Å². The van der Waals surface area contributed by atoms with Gasteiger partial charge in [-0.15, -0.1) is 0 Å². The fourth-order valence-electron chi connectivity index (χ4n) is 6.24. The fraction of sp³-hybridized carbons (Fsp3) is 0.515. The Morgan fingerprint density at radius 2 is 1.72 bits per heavy atom. The minimum absolute atomic E-state index is 0.0238. The predicted molar refractivity (Wildman–Crippen MR) is 179 cm³/mol. The Balaban J connectivity index is 1.47. The molecule has 2 aromatic rings. The lowest BCUT2D eigenvalue weighted by Gasteiger charge is -2.34. The van der Waals surface area contributed by atoms with Gasteiger partial charge in [0.1, 0.15) is 12.1 Å². The number of sulfonamides is 1. The van der Waals surface area contributed by atoms with Gasteiger partial charge < -0.3 is 25.8 Å². The number of rotatable bonds is 13. The van der Waals surface area contributed by atoms with Crippen LogP contribution < -0.4 is 15.8 Å². The molecule has 0 radical (unpaired) electrons. The maximum Gasteiger partial charge on any atom is 0.243 e. The maximum atomic E-state index is 14.0.